The maximum Gasteiger partial charge on any atom is 0.233 e. The fourth-order valence-electron chi connectivity index (χ4n) is 3.44. The highest BCUT2D eigenvalue weighted by Gasteiger charge is 2.29. The number of aryl methyl sites for hydroxylation is 1. The van der Waals surface area contributed by atoms with Crippen molar-refractivity contribution in [1.82, 2.24) is 15.1 Å². The first kappa shape index (κ1) is 18.1. The molecule has 0 saturated heterocycles. The second-order valence-electron chi connectivity index (χ2n) is 7.08. The van der Waals surface area contributed by atoms with Crippen molar-refractivity contribution < 1.29 is 4.79 Å². The Kier molecular flexibility index (Phi) is 5.84. The van der Waals surface area contributed by atoms with Crippen molar-refractivity contribution in [3.05, 3.63) is 53.3 Å². The third kappa shape index (κ3) is 4.27. The Bertz CT molecular complexity index is 711. The SMILES string of the molecule is CC(C)C(SCc1ccccc1)C(=O)NC1CCCc2c1cnn2C. The van der Waals surface area contributed by atoms with E-state index < -0.39 is 0 Å². The summed E-state index contributed by atoms with van der Waals surface area (Å²) in [4.78, 5) is 12.9. The topological polar surface area (TPSA) is 46.9 Å². The number of carbonyl (C=O) groups excluding carboxylic acids is 1. The highest BCUT2D eigenvalue weighted by molar-refractivity contribution is 7.99. The van der Waals surface area contributed by atoms with Crippen LogP contribution in [0.5, 0.6) is 0 Å². The van der Waals surface area contributed by atoms with Crippen molar-refractivity contribution in [2.75, 3.05) is 0 Å². The number of benzene rings is 1. The van der Waals surface area contributed by atoms with Crippen LogP contribution in [0, 0.1) is 5.92 Å². The first-order valence-corrected chi connectivity index (χ1v) is 10.1. The molecule has 5 heteroatoms. The standard InChI is InChI=1S/C20H27N3OS/c1-14(2)19(25-13-15-8-5-4-6-9-15)20(24)22-17-10-7-11-18-16(17)12-21-23(18)3/h4-6,8-9,12,14,17,19H,7,10-11,13H2,1-3H3,(H,22,24). The van der Waals surface area contributed by atoms with Gasteiger partial charge in [0.15, 0.2) is 0 Å². The van der Waals surface area contributed by atoms with Gasteiger partial charge in [-0.25, -0.2) is 0 Å². The lowest BCUT2D eigenvalue weighted by Crippen LogP contribution is -2.39. The molecular formula is C20H27N3OS. The van der Waals surface area contributed by atoms with Gasteiger partial charge in [-0.05, 0) is 30.7 Å². The number of hydrogen-bond acceptors (Lipinski definition) is 3. The van der Waals surface area contributed by atoms with E-state index in [2.05, 4.69) is 36.4 Å². The Morgan fingerprint density at radius 2 is 2.12 bits per heavy atom. The second kappa shape index (κ2) is 8.09. The van der Waals surface area contributed by atoms with E-state index in [4.69, 9.17) is 0 Å². The lowest BCUT2D eigenvalue weighted by molar-refractivity contribution is -0.122. The van der Waals surface area contributed by atoms with Crippen LogP contribution in [0.25, 0.3) is 0 Å². The summed E-state index contributed by atoms with van der Waals surface area (Å²) < 4.78 is 1.94. The maximum atomic E-state index is 12.9. The molecule has 25 heavy (non-hydrogen) atoms. The molecule has 4 nitrogen and oxygen atoms in total. The third-order valence-electron chi connectivity index (χ3n) is 4.83. The molecule has 2 aromatic rings. The van der Waals surface area contributed by atoms with Crippen LogP contribution in [0.15, 0.2) is 36.5 Å². The summed E-state index contributed by atoms with van der Waals surface area (Å²) in [5, 5.41) is 7.63. The summed E-state index contributed by atoms with van der Waals surface area (Å²) >= 11 is 1.73. The first-order valence-electron chi connectivity index (χ1n) is 9.03. The maximum absolute atomic E-state index is 12.9. The number of rotatable bonds is 6. The lowest BCUT2D eigenvalue weighted by Gasteiger charge is -2.27. The minimum absolute atomic E-state index is 0.0396. The molecule has 2 unspecified atom stereocenters. The first-order chi connectivity index (χ1) is 12.1. The van der Waals surface area contributed by atoms with Crippen LogP contribution in [0.2, 0.25) is 0 Å². The monoisotopic (exact) mass is 357 g/mol. The van der Waals surface area contributed by atoms with Crippen LogP contribution in [0.4, 0.5) is 0 Å². The lowest BCUT2D eigenvalue weighted by atomic mass is 9.92. The Labute approximate surface area is 154 Å². The van der Waals surface area contributed by atoms with Crippen LogP contribution in [-0.4, -0.2) is 20.9 Å². The van der Waals surface area contributed by atoms with Crippen molar-refractivity contribution >= 4 is 17.7 Å². The third-order valence-corrected chi connectivity index (χ3v) is 6.45. The normalized spacial score (nSPS) is 18.0. The van der Waals surface area contributed by atoms with Gasteiger partial charge in [-0.2, -0.15) is 5.10 Å². The number of aromatic nitrogens is 2. The number of carbonyl (C=O) groups is 1. The molecule has 2 atom stereocenters. The number of thioether (sulfide) groups is 1. The minimum atomic E-state index is -0.0396. The van der Waals surface area contributed by atoms with Crippen LogP contribution in [0.1, 0.15) is 49.6 Å². The molecule has 1 aliphatic carbocycles. The Balaban J connectivity index is 1.65. The number of hydrogen-bond donors (Lipinski definition) is 1. The molecule has 1 aromatic carbocycles. The van der Waals surface area contributed by atoms with Gasteiger partial charge >= 0.3 is 0 Å². The van der Waals surface area contributed by atoms with E-state index in [1.165, 1.54) is 16.8 Å². The average molecular weight is 358 g/mol. The minimum Gasteiger partial charge on any atom is -0.348 e. The van der Waals surface area contributed by atoms with Gasteiger partial charge in [-0.1, -0.05) is 44.2 Å². The van der Waals surface area contributed by atoms with Crippen molar-refractivity contribution in [2.45, 2.75) is 50.2 Å². The molecule has 3 rings (SSSR count). The zero-order valence-corrected chi connectivity index (χ0v) is 16.1. The highest BCUT2D eigenvalue weighted by atomic mass is 32.2. The summed E-state index contributed by atoms with van der Waals surface area (Å²) in [5.74, 6) is 1.31. The summed E-state index contributed by atoms with van der Waals surface area (Å²) in [7, 11) is 1.98. The quantitative estimate of drug-likeness (QED) is 0.854. The van der Waals surface area contributed by atoms with E-state index in [1.807, 2.05) is 36.1 Å². The van der Waals surface area contributed by atoms with Crippen LogP contribution in [0.3, 0.4) is 0 Å². The smallest absolute Gasteiger partial charge is 0.233 e. The van der Waals surface area contributed by atoms with Crippen LogP contribution < -0.4 is 5.32 Å². The van der Waals surface area contributed by atoms with Gasteiger partial charge in [-0.3, -0.25) is 9.48 Å². The van der Waals surface area contributed by atoms with Gasteiger partial charge in [0.2, 0.25) is 5.91 Å². The van der Waals surface area contributed by atoms with Gasteiger partial charge < -0.3 is 5.32 Å². The van der Waals surface area contributed by atoms with Crippen molar-refractivity contribution in [1.29, 1.82) is 0 Å². The molecule has 1 aromatic heterocycles. The Morgan fingerprint density at radius 3 is 2.84 bits per heavy atom. The van der Waals surface area contributed by atoms with Gasteiger partial charge in [0.25, 0.3) is 0 Å². The van der Waals surface area contributed by atoms with E-state index >= 15 is 0 Å². The Hall–Kier alpha value is -1.75. The summed E-state index contributed by atoms with van der Waals surface area (Å²) in [6.07, 6.45) is 5.06. The van der Waals surface area contributed by atoms with Gasteiger partial charge in [0, 0.05) is 24.1 Å². The van der Waals surface area contributed by atoms with Crippen LogP contribution in [-0.2, 0) is 24.0 Å². The number of nitrogens with one attached hydrogen (secondary N) is 1. The largest absolute Gasteiger partial charge is 0.348 e. The molecule has 1 heterocycles. The fourth-order valence-corrected chi connectivity index (χ4v) is 4.61. The van der Waals surface area contributed by atoms with E-state index in [0.717, 1.165) is 25.0 Å². The summed E-state index contributed by atoms with van der Waals surface area (Å²) in [5.41, 5.74) is 3.71. The van der Waals surface area contributed by atoms with Gasteiger partial charge in [-0.15, -0.1) is 11.8 Å². The van der Waals surface area contributed by atoms with Crippen molar-refractivity contribution in [2.24, 2.45) is 13.0 Å². The molecule has 0 fully saturated rings. The second-order valence-corrected chi connectivity index (χ2v) is 8.21. The molecule has 0 spiro atoms. The van der Waals surface area contributed by atoms with E-state index in [-0.39, 0.29) is 17.2 Å². The van der Waals surface area contributed by atoms with Gasteiger partial charge in [0.05, 0.1) is 17.5 Å². The fraction of sp³-hybridized carbons (Fsp3) is 0.500. The summed E-state index contributed by atoms with van der Waals surface area (Å²) in [6, 6.07) is 10.5. The van der Waals surface area contributed by atoms with Crippen LogP contribution >= 0.6 is 11.8 Å². The van der Waals surface area contributed by atoms with E-state index in [1.54, 1.807) is 11.8 Å². The molecular weight excluding hydrogens is 330 g/mol. The molecule has 0 bridgehead atoms. The predicted octanol–water partition coefficient (Wildman–Crippen LogP) is 3.87. The number of nitrogens with zero attached hydrogens (tertiary/aromatic N) is 2. The molecule has 134 valence electrons. The number of amides is 1. The molecule has 0 aliphatic heterocycles. The molecule has 0 saturated carbocycles. The van der Waals surface area contributed by atoms with Crippen molar-refractivity contribution in [3.8, 4) is 0 Å². The molecule has 1 N–H and O–H groups in total. The number of fused-ring (bicyclic) bond motifs is 1. The molecule has 0 radical (unpaired) electrons. The zero-order chi connectivity index (χ0) is 17.8. The summed E-state index contributed by atoms with van der Waals surface area (Å²) in [6.45, 7) is 4.25. The molecule has 1 aliphatic rings. The van der Waals surface area contributed by atoms with E-state index in [0.29, 0.717) is 5.92 Å². The Morgan fingerprint density at radius 1 is 1.36 bits per heavy atom. The molecule has 1 amide bonds. The average Bonchev–Trinajstić information content (AvgIpc) is 2.98. The predicted molar refractivity (Wildman–Crippen MR) is 103 cm³/mol. The van der Waals surface area contributed by atoms with Gasteiger partial charge in [0.1, 0.15) is 0 Å². The van der Waals surface area contributed by atoms with Crippen molar-refractivity contribution in [3.63, 3.8) is 0 Å². The van der Waals surface area contributed by atoms with E-state index in [9.17, 15) is 4.79 Å². The zero-order valence-electron chi connectivity index (χ0n) is 15.2. The highest BCUT2D eigenvalue weighted by Crippen LogP contribution is 2.31.